The van der Waals surface area contributed by atoms with Crippen molar-refractivity contribution in [2.75, 3.05) is 20.2 Å². The molecular formula is C13H23NO5. The van der Waals surface area contributed by atoms with Crippen LogP contribution in [0.3, 0.4) is 0 Å². The molecular weight excluding hydrogens is 250 g/mol. The molecule has 0 bridgehead atoms. The molecule has 1 N–H and O–H groups in total. The fourth-order valence-electron chi connectivity index (χ4n) is 2.02. The standard InChI is InChI=1S/C13H23NO5/c1-13(2,3)19-12(17)14-7-9(10(15)8-14)5-6-11(16)18-4/h9-10,15H,5-8H2,1-4H3/t9-,10+/m0/s1. The lowest BCUT2D eigenvalue weighted by Crippen LogP contribution is -2.35. The minimum atomic E-state index is -0.614. The molecule has 0 aliphatic carbocycles. The van der Waals surface area contributed by atoms with Crippen molar-refractivity contribution in [2.45, 2.75) is 45.3 Å². The van der Waals surface area contributed by atoms with Gasteiger partial charge >= 0.3 is 12.1 Å². The van der Waals surface area contributed by atoms with Gasteiger partial charge in [-0.25, -0.2) is 4.79 Å². The van der Waals surface area contributed by atoms with Gasteiger partial charge in [0.05, 0.1) is 19.8 Å². The predicted octanol–water partition coefficient (Wildman–Crippen LogP) is 1.17. The van der Waals surface area contributed by atoms with Gasteiger partial charge in [-0.15, -0.1) is 0 Å². The Morgan fingerprint density at radius 1 is 1.32 bits per heavy atom. The first-order valence-electron chi connectivity index (χ1n) is 6.45. The summed E-state index contributed by atoms with van der Waals surface area (Å²) in [6.07, 6.45) is -0.280. The maximum Gasteiger partial charge on any atom is 0.410 e. The number of carbonyl (C=O) groups is 2. The van der Waals surface area contributed by atoms with Gasteiger partial charge < -0.3 is 19.5 Å². The first-order valence-corrected chi connectivity index (χ1v) is 6.45. The minimum Gasteiger partial charge on any atom is -0.469 e. The zero-order chi connectivity index (χ0) is 14.6. The number of hydrogen-bond acceptors (Lipinski definition) is 5. The molecule has 2 atom stereocenters. The molecule has 0 aromatic heterocycles. The Morgan fingerprint density at radius 3 is 2.47 bits per heavy atom. The fraction of sp³-hybridized carbons (Fsp3) is 0.846. The van der Waals surface area contributed by atoms with Crippen LogP contribution in [0, 0.1) is 5.92 Å². The Bertz CT molecular complexity index is 336. The molecule has 0 aromatic carbocycles. The molecule has 0 radical (unpaired) electrons. The predicted molar refractivity (Wildman–Crippen MR) is 68.6 cm³/mol. The van der Waals surface area contributed by atoms with Crippen LogP contribution in [0.25, 0.3) is 0 Å². The highest BCUT2D eigenvalue weighted by atomic mass is 16.6. The van der Waals surface area contributed by atoms with Crippen molar-refractivity contribution in [3.8, 4) is 0 Å². The first-order chi connectivity index (χ1) is 8.73. The van der Waals surface area contributed by atoms with Crippen molar-refractivity contribution in [3.05, 3.63) is 0 Å². The number of β-amino-alcohol motifs (C(OH)–C–C–N with tert-alkyl or cyclic N) is 1. The number of ether oxygens (including phenoxy) is 2. The summed E-state index contributed by atoms with van der Waals surface area (Å²) in [5, 5.41) is 9.89. The van der Waals surface area contributed by atoms with E-state index < -0.39 is 17.8 Å². The third-order valence-corrected chi connectivity index (χ3v) is 3.01. The summed E-state index contributed by atoms with van der Waals surface area (Å²) in [4.78, 5) is 24.4. The molecule has 6 nitrogen and oxygen atoms in total. The molecule has 1 rings (SSSR count). The number of aliphatic hydroxyl groups is 1. The SMILES string of the molecule is COC(=O)CC[C@H]1CN(C(=O)OC(C)(C)C)C[C@H]1O. The summed E-state index contributed by atoms with van der Waals surface area (Å²) in [7, 11) is 1.33. The van der Waals surface area contributed by atoms with Crippen LogP contribution in [0.15, 0.2) is 0 Å². The van der Waals surface area contributed by atoms with E-state index in [2.05, 4.69) is 4.74 Å². The van der Waals surface area contributed by atoms with Crippen molar-refractivity contribution < 1.29 is 24.2 Å². The Morgan fingerprint density at radius 2 is 1.95 bits per heavy atom. The van der Waals surface area contributed by atoms with E-state index in [4.69, 9.17) is 4.74 Å². The van der Waals surface area contributed by atoms with E-state index in [0.29, 0.717) is 13.0 Å². The van der Waals surface area contributed by atoms with E-state index in [1.165, 1.54) is 12.0 Å². The smallest absolute Gasteiger partial charge is 0.410 e. The largest absolute Gasteiger partial charge is 0.469 e. The monoisotopic (exact) mass is 273 g/mol. The highest BCUT2D eigenvalue weighted by Gasteiger charge is 2.36. The summed E-state index contributed by atoms with van der Waals surface area (Å²) in [5.41, 5.74) is -0.549. The number of carbonyl (C=O) groups excluding carboxylic acids is 2. The second-order valence-electron chi connectivity index (χ2n) is 5.83. The van der Waals surface area contributed by atoms with Crippen molar-refractivity contribution in [2.24, 2.45) is 5.92 Å². The molecule has 1 aliphatic rings. The fourth-order valence-corrected chi connectivity index (χ4v) is 2.02. The van der Waals surface area contributed by atoms with Crippen molar-refractivity contribution >= 4 is 12.1 Å². The molecule has 1 heterocycles. The molecule has 19 heavy (non-hydrogen) atoms. The Balaban J connectivity index is 2.45. The normalized spacial score (nSPS) is 23.3. The van der Waals surface area contributed by atoms with Gasteiger partial charge in [-0.2, -0.15) is 0 Å². The number of likely N-dealkylation sites (tertiary alicyclic amines) is 1. The van der Waals surface area contributed by atoms with Crippen LogP contribution in [-0.4, -0.2) is 54.0 Å². The van der Waals surface area contributed by atoms with Gasteiger partial charge in [-0.1, -0.05) is 0 Å². The van der Waals surface area contributed by atoms with Gasteiger partial charge in [0.15, 0.2) is 0 Å². The van der Waals surface area contributed by atoms with Crippen LogP contribution in [0.1, 0.15) is 33.6 Å². The van der Waals surface area contributed by atoms with E-state index in [1.807, 2.05) is 0 Å². The molecule has 0 saturated carbocycles. The number of rotatable bonds is 3. The molecule has 0 unspecified atom stereocenters. The van der Waals surface area contributed by atoms with Gasteiger partial charge in [-0.05, 0) is 27.2 Å². The summed E-state index contributed by atoms with van der Waals surface area (Å²) >= 11 is 0. The lowest BCUT2D eigenvalue weighted by atomic mass is 10.0. The van der Waals surface area contributed by atoms with E-state index in [1.54, 1.807) is 20.8 Å². The van der Waals surface area contributed by atoms with Crippen LogP contribution in [0.5, 0.6) is 0 Å². The molecule has 1 fully saturated rings. The first kappa shape index (κ1) is 15.8. The number of nitrogens with zero attached hydrogens (tertiary/aromatic N) is 1. The number of amides is 1. The number of hydrogen-bond donors (Lipinski definition) is 1. The summed E-state index contributed by atoms with van der Waals surface area (Å²) < 4.78 is 9.81. The van der Waals surface area contributed by atoms with Gasteiger partial charge in [0, 0.05) is 18.9 Å². The second-order valence-corrected chi connectivity index (χ2v) is 5.83. The highest BCUT2D eigenvalue weighted by molar-refractivity contribution is 5.69. The third kappa shape index (κ3) is 5.06. The summed E-state index contributed by atoms with van der Waals surface area (Å²) in [6.45, 7) is 6.05. The number of methoxy groups -OCH3 is 1. The van der Waals surface area contributed by atoms with Crippen LogP contribution in [0.2, 0.25) is 0 Å². The summed E-state index contributed by atoms with van der Waals surface area (Å²) in [5.74, 6) is -0.408. The van der Waals surface area contributed by atoms with Gasteiger partial charge in [0.1, 0.15) is 5.60 Å². The van der Waals surface area contributed by atoms with Gasteiger partial charge in [0.25, 0.3) is 0 Å². The molecule has 0 aromatic rings. The van der Waals surface area contributed by atoms with Crippen molar-refractivity contribution in [3.63, 3.8) is 0 Å². The average molecular weight is 273 g/mol. The average Bonchev–Trinajstić information content (AvgIpc) is 2.65. The molecule has 110 valence electrons. The van der Waals surface area contributed by atoms with E-state index in [-0.39, 0.29) is 24.9 Å². The van der Waals surface area contributed by atoms with Gasteiger partial charge in [-0.3, -0.25) is 4.79 Å². The quantitative estimate of drug-likeness (QED) is 0.781. The van der Waals surface area contributed by atoms with E-state index >= 15 is 0 Å². The molecule has 6 heteroatoms. The van der Waals surface area contributed by atoms with Gasteiger partial charge in [0.2, 0.25) is 0 Å². The Kier molecular flexibility index (Phi) is 5.17. The second kappa shape index (κ2) is 6.23. The van der Waals surface area contributed by atoms with Crippen LogP contribution in [-0.2, 0) is 14.3 Å². The van der Waals surface area contributed by atoms with Crippen LogP contribution in [0.4, 0.5) is 4.79 Å². The zero-order valence-corrected chi connectivity index (χ0v) is 12.0. The molecule has 1 saturated heterocycles. The molecule has 1 amide bonds. The Hall–Kier alpha value is -1.30. The number of aliphatic hydroxyl groups excluding tert-OH is 1. The maximum absolute atomic E-state index is 11.8. The van der Waals surface area contributed by atoms with Crippen LogP contribution >= 0.6 is 0 Å². The van der Waals surface area contributed by atoms with E-state index in [0.717, 1.165) is 0 Å². The maximum atomic E-state index is 11.8. The van der Waals surface area contributed by atoms with E-state index in [9.17, 15) is 14.7 Å². The molecule has 0 spiro atoms. The Labute approximate surface area is 113 Å². The molecule has 1 aliphatic heterocycles. The third-order valence-electron chi connectivity index (χ3n) is 3.01. The lowest BCUT2D eigenvalue weighted by Gasteiger charge is -2.24. The van der Waals surface area contributed by atoms with Crippen molar-refractivity contribution in [1.82, 2.24) is 4.90 Å². The zero-order valence-electron chi connectivity index (χ0n) is 12.0. The highest BCUT2D eigenvalue weighted by Crippen LogP contribution is 2.23. The van der Waals surface area contributed by atoms with Crippen molar-refractivity contribution in [1.29, 1.82) is 0 Å². The lowest BCUT2D eigenvalue weighted by molar-refractivity contribution is -0.141. The topological polar surface area (TPSA) is 76.1 Å². The minimum absolute atomic E-state index is 0.105. The number of esters is 1. The summed E-state index contributed by atoms with van der Waals surface area (Å²) in [6, 6.07) is 0. The van der Waals surface area contributed by atoms with Crippen LogP contribution < -0.4 is 0 Å².